The van der Waals surface area contributed by atoms with Crippen molar-refractivity contribution in [3.8, 4) is 0 Å². The number of amides is 1. The number of β-amino-alcohol motifs (C(OH)–C–C–N with tert-alkyl or cyclic N) is 1. The van der Waals surface area contributed by atoms with E-state index in [0.717, 1.165) is 37.0 Å². The van der Waals surface area contributed by atoms with Gasteiger partial charge in [-0.3, -0.25) is 14.7 Å². The zero-order chi connectivity index (χ0) is 15.4. The summed E-state index contributed by atoms with van der Waals surface area (Å²) < 4.78 is 0. The van der Waals surface area contributed by atoms with Crippen LogP contribution in [-0.4, -0.2) is 70.3 Å². The Kier molecular flexibility index (Phi) is 4.87. The number of aliphatic hydroxyl groups excluding tert-OH is 1. The molecule has 6 nitrogen and oxygen atoms in total. The monoisotopic (exact) mass is 318 g/mol. The van der Waals surface area contributed by atoms with Gasteiger partial charge in [0.15, 0.2) is 5.17 Å². The first-order valence-electron chi connectivity index (χ1n) is 7.28. The van der Waals surface area contributed by atoms with Crippen LogP contribution in [0.1, 0.15) is 5.69 Å². The van der Waals surface area contributed by atoms with Gasteiger partial charge in [-0.2, -0.15) is 4.99 Å². The van der Waals surface area contributed by atoms with Gasteiger partial charge in [0, 0.05) is 38.9 Å². The molecule has 0 unspecified atom stereocenters. The Morgan fingerprint density at radius 3 is 2.77 bits per heavy atom. The summed E-state index contributed by atoms with van der Waals surface area (Å²) in [7, 11) is 0. The molecule has 1 aromatic rings. The van der Waals surface area contributed by atoms with Crippen molar-refractivity contribution in [1.82, 2.24) is 14.8 Å². The van der Waals surface area contributed by atoms with Crippen LogP contribution >= 0.6 is 11.8 Å². The highest BCUT2D eigenvalue weighted by Gasteiger charge is 2.28. The number of carbonyl (C=O) groups is 1. The number of hydrogen-bond acceptors (Lipinski definition) is 6. The number of piperazine rings is 1. The number of aliphatic hydroxyl groups is 1. The number of pyridine rings is 1. The van der Waals surface area contributed by atoms with E-state index in [4.69, 9.17) is 5.11 Å². The van der Waals surface area contributed by atoms with Crippen LogP contribution in [0.4, 0.5) is 0 Å². The largest absolute Gasteiger partial charge is 0.395 e. The van der Waals surface area contributed by atoms with Crippen molar-refractivity contribution >= 4 is 28.9 Å². The van der Waals surface area contributed by atoms with Crippen molar-refractivity contribution in [3.05, 3.63) is 35.0 Å². The van der Waals surface area contributed by atoms with E-state index in [1.54, 1.807) is 12.3 Å². The SMILES string of the molecule is O=C1N=C(N2CCN(CCO)CC2)S/C1=C/c1ccccn1. The number of amidine groups is 1. The van der Waals surface area contributed by atoms with Gasteiger partial charge in [0.25, 0.3) is 5.91 Å². The first kappa shape index (κ1) is 15.2. The summed E-state index contributed by atoms with van der Waals surface area (Å²) in [6.07, 6.45) is 3.49. The fraction of sp³-hybridized carbons (Fsp3) is 0.400. The Labute approximate surface area is 133 Å². The second-order valence-corrected chi connectivity index (χ2v) is 6.13. The van der Waals surface area contributed by atoms with Crippen LogP contribution in [0.15, 0.2) is 34.3 Å². The number of carbonyl (C=O) groups excluding carboxylic acids is 1. The van der Waals surface area contributed by atoms with Crippen LogP contribution < -0.4 is 0 Å². The number of aromatic nitrogens is 1. The minimum Gasteiger partial charge on any atom is -0.395 e. The van der Waals surface area contributed by atoms with Gasteiger partial charge in [-0.15, -0.1) is 0 Å². The van der Waals surface area contributed by atoms with Gasteiger partial charge in [-0.1, -0.05) is 6.07 Å². The normalized spacial score (nSPS) is 21.5. The third-order valence-electron chi connectivity index (χ3n) is 3.64. The van der Waals surface area contributed by atoms with Crippen molar-refractivity contribution < 1.29 is 9.90 Å². The Balaban J connectivity index is 1.62. The molecule has 3 rings (SSSR count). The highest BCUT2D eigenvalue weighted by molar-refractivity contribution is 8.18. The van der Waals surface area contributed by atoms with E-state index in [-0.39, 0.29) is 12.5 Å². The van der Waals surface area contributed by atoms with Crippen molar-refractivity contribution in [2.45, 2.75) is 0 Å². The maximum atomic E-state index is 12.0. The molecule has 1 amide bonds. The average Bonchev–Trinajstić information content (AvgIpc) is 2.90. The fourth-order valence-corrected chi connectivity index (χ4v) is 3.38. The molecule has 0 aromatic carbocycles. The molecule has 1 N–H and O–H groups in total. The molecule has 0 bridgehead atoms. The van der Waals surface area contributed by atoms with Gasteiger partial charge < -0.3 is 10.0 Å². The molecule has 1 fully saturated rings. The molecule has 1 aromatic heterocycles. The van der Waals surface area contributed by atoms with E-state index in [1.807, 2.05) is 18.2 Å². The van der Waals surface area contributed by atoms with Crippen molar-refractivity contribution in [3.63, 3.8) is 0 Å². The number of hydrogen-bond donors (Lipinski definition) is 1. The number of aliphatic imine (C=N–C) groups is 1. The highest BCUT2D eigenvalue weighted by Crippen LogP contribution is 2.30. The van der Waals surface area contributed by atoms with Gasteiger partial charge in [0.2, 0.25) is 0 Å². The van der Waals surface area contributed by atoms with E-state index in [2.05, 4.69) is 19.8 Å². The molecule has 0 spiro atoms. The molecule has 1 saturated heterocycles. The van der Waals surface area contributed by atoms with E-state index in [1.165, 1.54) is 11.8 Å². The lowest BCUT2D eigenvalue weighted by atomic mass is 10.3. The van der Waals surface area contributed by atoms with Crippen LogP contribution in [0.3, 0.4) is 0 Å². The van der Waals surface area contributed by atoms with Gasteiger partial charge >= 0.3 is 0 Å². The average molecular weight is 318 g/mol. The van der Waals surface area contributed by atoms with Gasteiger partial charge in [0.05, 0.1) is 17.2 Å². The topological polar surface area (TPSA) is 69.0 Å². The zero-order valence-electron chi connectivity index (χ0n) is 12.2. The first-order valence-corrected chi connectivity index (χ1v) is 8.09. The summed E-state index contributed by atoms with van der Waals surface area (Å²) >= 11 is 1.41. The smallest absolute Gasteiger partial charge is 0.286 e. The van der Waals surface area contributed by atoms with Crippen LogP contribution in [0.2, 0.25) is 0 Å². The van der Waals surface area contributed by atoms with Gasteiger partial charge in [-0.25, -0.2) is 0 Å². The number of rotatable bonds is 3. The molecule has 2 aliphatic rings. The number of nitrogens with zero attached hydrogens (tertiary/aromatic N) is 4. The lowest BCUT2D eigenvalue weighted by Gasteiger charge is -2.34. The fourth-order valence-electron chi connectivity index (χ4n) is 2.43. The highest BCUT2D eigenvalue weighted by atomic mass is 32.2. The van der Waals surface area contributed by atoms with Crippen molar-refractivity contribution in [2.75, 3.05) is 39.3 Å². The van der Waals surface area contributed by atoms with Crippen LogP contribution in [0, 0.1) is 0 Å². The zero-order valence-corrected chi connectivity index (χ0v) is 13.0. The predicted molar refractivity (Wildman–Crippen MR) is 87.3 cm³/mol. The molecule has 0 saturated carbocycles. The summed E-state index contributed by atoms with van der Waals surface area (Å²) in [5.41, 5.74) is 0.766. The molecular formula is C15H18N4O2S. The second kappa shape index (κ2) is 7.04. The predicted octanol–water partition coefficient (Wildman–Crippen LogP) is 0.662. The molecule has 0 atom stereocenters. The van der Waals surface area contributed by atoms with Crippen LogP contribution in [0.25, 0.3) is 6.08 Å². The molecule has 0 radical (unpaired) electrons. The Morgan fingerprint density at radius 1 is 1.27 bits per heavy atom. The lowest BCUT2D eigenvalue weighted by Crippen LogP contribution is -2.48. The summed E-state index contributed by atoms with van der Waals surface area (Å²) in [6, 6.07) is 5.61. The Hall–Kier alpha value is -1.70. The van der Waals surface area contributed by atoms with Gasteiger partial charge in [0.1, 0.15) is 0 Å². The van der Waals surface area contributed by atoms with E-state index in [0.29, 0.717) is 11.4 Å². The van der Waals surface area contributed by atoms with Crippen LogP contribution in [-0.2, 0) is 4.79 Å². The standard InChI is InChI=1S/C15H18N4O2S/c20-10-9-18-5-7-19(8-6-18)15-17-14(21)13(22-15)11-12-3-1-2-4-16-12/h1-4,11,20H,5-10H2/b13-11+. The second-order valence-electron chi connectivity index (χ2n) is 5.12. The molecule has 3 heterocycles. The third kappa shape index (κ3) is 3.55. The molecule has 2 aliphatic heterocycles. The molecule has 22 heavy (non-hydrogen) atoms. The quantitative estimate of drug-likeness (QED) is 0.826. The Bertz CT molecular complexity index is 595. The van der Waals surface area contributed by atoms with E-state index in [9.17, 15) is 4.79 Å². The lowest BCUT2D eigenvalue weighted by molar-refractivity contribution is -0.113. The minimum absolute atomic E-state index is 0.186. The molecular weight excluding hydrogens is 300 g/mol. The molecule has 0 aliphatic carbocycles. The van der Waals surface area contributed by atoms with Crippen LogP contribution in [0.5, 0.6) is 0 Å². The maximum Gasteiger partial charge on any atom is 0.286 e. The third-order valence-corrected chi connectivity index (χ3v) is 4.68. The number of thioether (sulfide) groups is 1. The minimum atomic E-state index is -0.191. The van der Waals surface area contributed by atoms with E-state index >= 15 is 0 Å². The summed E-state index contributed by atoms with van der Waals surface area (Å²) in [5, 5.41) is 9.74. The van der Waals surface area contributed by atoms with Crippen molar-refractivity contribution in [2.24, 2.45) is 4.99 Å². The summed E-state index contributed by atoms with van der Waals surface area (Å²) in [4.78, 5) is 25.4. The Morgan fingerprint density at radius 2 is 2.09 bits per heavy atom. The van der Waals surface area contributed by atoms with Gasteiger partial charge in [-0.05, 0) is 30.0 Å². The van der Waals surface area contributed by atoms with E-state index < -0.39 is 0 Å². The summed E-state index contributed by atoms with van der Waals surface area (Å²) in [5.74, 6) is -0.191. The summed E-state index contributed by atoms with van der Waals surface area (Å²) in [6.45, 7) is 4.32. The maximum absolute atomic E-state index is 12.0. The first-order chi connectivity index (χ1) is 10.8. The molecule has 7 heteroatoms. The van der Waals surface area contributed by atoms with Crippen molar-refractivity contribution in [1.29, 1.82) is 0 Å². The molecule has 116 valence electrons.